The van der Waals surface area contributed by atoms with Crippen LogP contribution in [-0.2, 0) is 11.3 Å². The summed E-state index contributed by atoms with van der Waals surface area (Å²) in [7, 11) is 3.25. The van der Waals surface area contributed by atoms with Crippen LogP contribution in [0.5, 0.6) is 11.5 Å². The molecule has 3 heterocycles. The van der Waals surface area contributed by atoms with Gasteiger partial charge in [0.15, 0.2) is 11.5 Å². The molecule has 0 saturated carbocycles. The molecule has 1 spiro atoms. The van der Waals surface area contributed by atoms with E-state index in [4.69, 9.17) is 15.2 Å². The van der Waals surface area contributed by atoms with Crippen LogP contribution in [0.1, 0.15) is 30.5 Å². The Morgan fingerprint density at radius 2 is 2.00 bits per heavy atom. The number of nitrogen functional groups attached to an aromatic ring is 1. The smallest absolute Gasteiger partial charge is 0.230 e. The lowest BCUT2D eigenvalue weighted by molar-refractivity contribution is -0.145. The number of methoxy groups -OCH3 is 2. The molecular weight excluding hydrogens is 382 g/mol. The minimum Gasteiger partial charge on any atom is -0.493 e. The Morgan fingerprint density at radius 3 is 2.73 bits per heavy atom. The van der Waals surface area contributed by atoms with Gasteiger partial charge >= 0.3 is 0 Å². The number of carbonyl (C=O) groups is 1. The number of nitrogens with zero attached hydrogens (tertiary/aromatic N) is 4. The minimum atomic E-state index is -0.377. The van der Waals surface area contributed by atoms with E-state index in [1.807, 2.05) is 36.1 Å². The van der Waals surface area contributed by atoms with E-state index in [0.717, 1.165) is 49.4 Å². The van der Waals surface area contributed by atoms with Gasteiger partial charge in [0.2, 0.25) is 11.9 Å². The monoisotopic (exact) mass is 411 g/mol. The summed E-state index contributed by atoms with van der Waals surface area (Å²) in [6, 6.07) is 7.72. The molecule has 1 atom stereocenters. The first-order chi connectivity index (χ1) is 14.5. The Bertz CT molecular complexity index is 930. The molecule has 1 aromatic carbocycles. The van der Waals surface area contributed by atoms with Crippen LogP contribution < -0.4 is 20.1 Å². The predicted molar refractivity (Wildman–Crippen MR) is 115 cm³/mol. The Kier molecular flexibility index (Phi) is 5.40. The summed E-state index contributed by atoms with van der Waals surface area (Å²) in [6.07, 6.45) is 2.70. The lowest BCUT2D eigenvalue weighted by Gasteiger charge is -2.39. The summed E-state index contributed by atoms with van der Waals surface area (Å²) in [6.45, 7) is 4.62. The fraction of sp³-hybridized carbons (Fsp3) is 0.500. The van der Waals surface area contributed by atoms with Crippen molar-refractivity contribution in [2.24, 2.45) is 5.41 Å². The van der Waals surface area contributed by atoms with Gasteiger partial charge in [0.25, 0.3) is 0 Å². The first kappa shape index (κ1) is 20.3. The molecule has 2 aliphatic heterocycles. The number of hydrogen-bond donors (Lipinski definition) is 1. The number of ether oxygens (including phenoxy) is 2. The molecule has 0 aliphatic carbocycles. The largest absolute Gasteiger partial charge is 0.493 e. The van der Waals surface area contributed by atoms with Gasteiger partial charge in [-0.1, -0.05) is 12.1 Å². The van der Waals surface area contributed by atoms with Crippen LogP contribution >= 0.6 is 0 Å². The van der Waals surface area contributed by atoms with E-state index < -0.39 is 0 Å². The average Bonchev–Trinajstić information content (AvgIpc) is 3.15. The summed E-state index contributed by atoms with van der Waals surface area (Å²) in [5, 5.41) is 0. The van der Waals surface area contributed by atoms with Crippen LogP contribution in [0.2, 0.25) is 0 Å². The van der Waals surface area contributed by atoms with Crippen molar-refractivity contribution in [2.45, 2.75) is 32.7 Å². The number of nitrogens with two attached hydrogens (primary N) is 1. The molecule has 0 radical (unpaired) electrons. The number of aryl methyl sites for hydroxylation is 1. The van der Waals surface area contributed by atoms with E-state index in [1.165, 1.54) is 0 Å². The fourth-order valence-corrected chi connectivity index (χ4v) is 4.77. The Balaban J connectivity index is 1.54. The highest BCUT2D eigenvalue weighted by Gasteiger charge is 2.48. The van der Waals surface area contributed by atoms with Crippen molar-refractivity contribution >= 4 is 17.7 Å². The summed E-state index contributed by atoms with van der Waals surface area (Å²) >= 11 is 0. The average molecular weight is 412 g/mol. The Labute approximate surface area is 177 Å². The molecule has 2 aliphatic rings. The number of amides is 1. The minimum absolute atomic E-state index is 0.208. The maximum Gasteiger partial charge on any atom is 0.230 e. The zero-order valence-corrected chi connectivity index (χ0v) is 17.9. The molecule has 4 rings (SSSR count). The van der Waals surface area contributed by atoms with Crippen LogP contribution in [0.25, 0.3) is 0 Å². The van der Waals surface area contributed by atoms with Gasteiger partial charge in [-0.25, -0.2) is 4.98 Å². The first-order valence-corrected chi connectivity index (χ1v) is 10.3. The van der Waals surface area contributed by atoms with E-state index in [9.17, 15) is 4.79 Å². The molecule has 160 valence electrons. The number of anilines is 2. The van der Waals surface area contributed by atoms with Crippen LogP contribution in [-0.4, -0.2) is 54.6 Å². The number of likely N-dealkylation sites (tertiary alicyclic amines) is 1. The van der Waals surface area contributed by atoms with Gasteiger partial charge in [0.05, 0.1) is 19.6 Å². The molecule has 30 heavy (non-hydrogen) atoms. The van der Waals surface area contributed by atoms with Crippen molar-refractivity contribution in [3.8, 4) is 11.5 Å². The van der Waals surface area contributed by atoms with Crippen molar-refractivity contribution < 1.29 is 14.3 Å². The van der Waals surface area contributed by atoms with E-state index in [-0.39, 0.29) is 17.3 Å². The quantitative estimate of drug-likeness (QED) is 0.807. The molecule has 1 aromatic heterocycles. The number of carbonyl (C=O) groups excluding carboxylic acids is 1. The van der Waals surface area contributed by atoms with Gasteiger partial charge in [-0.2, -0.15) is 4.98 Å². The second-order valence-corrected chi connectivity index (χ2v) is 8.16. The van der Waals surface area contributed by atoms with Crippen molar-refractivity contribution in [1.29, 1.82) is 0 Å². The highest BCUT2D eigenvalue weighted by Crippen LogP contribution is 2.42. The number of para-hydroxylation sites is 1. The zero-order valence-electron chi connectivity index (χ0n) is 17.9. The van der Waals surface area contributed by atoms with Crippen LogP contribution in [0.15, 0.2) is 24.3 Å². The first-order valence-electron chi connectivity index (χ1n) is 10.3. The lowest BCUT2D eigenvalue weighted by atomic mass is 9.78. The van der Waals surface area contributed by atoms with Crippen LogP contribution in [0.3, 0.4) is 0 Å². The third kappa shape index (κ3) is 3.62. The van der Waals surface area contributed by atoms with Crippen LogP contribution in [0, 0.1) is 12.3 Å². The molecule has 2 fully saturated rings. The standard InChI is InChI=1S/C22H29N5O3/c1-15-12-18(25-21(23)24-15)27-11-9-22(14-27)8-5-10-26(20(22)28)13-16-6-4-7-17(29-2)19(16)30-3/h4,6-7,12H,5,8-11,13-14H2,1-3H3,(H2,23,24,25)/t22-/m0/s1. The van der Waals surface area contributed by atoms with Crippen molar-refractivity contribution in [1.82, 2.24) is 14.9 Å². The SMILES string of the molecule is COc1cccc(CN2CCC[C@@]3(CCN(c4cc(C)nc(N)n4)C3)C2=O)c1OC. The predicted octanol–water partition coefficient (Wildman–Crippen LogP) is 2.40. The molecule has 2 N–H and O–H groups in total. The highest BCUT2D eigenvalue weighted by molar-refractivity contribution is 5.85. The fourth-order valence-electron chi connectivity index (χ4n) is 4.77. The molecule has 1 amide bonds. The van der Waals surface area contributed by atoms with Crippen LogP contribution in [0.4, 0.5) is 11.8 Å². The van der Waals surface area contributed by atoms with Gasteiger partial charge in [0.1, 0.15) is 5.82 Å². The molecule has 0 bridgehead atoms. The number of benzene rings is 1. The maximum atomic E-state index is 13.6. The van der Waals surface area contributed by atoms with E-state index in [1.54, 1.807) is 14.2 Å². The van der Waals surface area contributed by atoms with E-state index in [2.05, 4.69) is 14.9 Å². The number of rotatable bonds is 5. The third-order valence-electron chi connectivity index (χ3n) is 6.21. The molecule has 0 unspecified atom stereocenters. The van der Waals surface area contributed by atoms with Gasteiger partial charge in [0, 0.05) is 43.5 Å². The Morgan fingerprint density at radius 1 is 1.17 bits per heavy atom. The number of piperidine rings is 1. The Hall–Kier alpha value is -3.03. The summed E-state index contributed by atoms with van der Waals surface area (Å²) in [5.74, 6) is 2.65. The summed E-state index contributed by atoms with van der Waals surface area (Å²) in [5.41, 5.74) is 7.25. The summed E-state index contributed by atoms with van der Waals surface area (Å²) < 4.78 is 11.0. The molecule has 8 heteroatoms. The second-order valence-electron chi connectivity index (χ2n) is 8.16. The normalized spacial score (nSPS) is 21.4. The second kappa shape index (κ2) is 8.01. The molecular formula is C22H29N5O3. The zero-order chi connectivity index (χ0) is 21.3. The van der Waals surface area contributed by atoms with E-state index >= 15 is 0 Å². The van der Waals surface area contributed by atoms with Gasteiger partial charge in [-0.3, -0.25) is 4.79 Å². The van der Waals surface area contributed by atoms with Gasteiger partial charge in [-0.15, -0.1) is 0 Å². The summed E-state index contributed by atoms with van der Waals surface area (Å²) in [4.78, 5) is 26.3. The third-order valence-corrected chi connectivity index (χ3v) is 6.21. The molecule has 2 aromatic rings. The highest BCUT2D eigenvalue weighted by atomic mass is 16.5. The lowest BCUT2D eigenvalue weighted by Crippen LogP contribution is -2.49. The topological polar surface area (TPSA) is 93.8 Å². The van der Waals surface area contributed by atoms with Crippen molar-refractivity contribution in [3.63, 3.8) is 0 Å². The van der Waals surface area contributed by atoms with E-state index in [0.29, 0.717) is 24.6 Å². The van der Waals surface area contributed by atoms with Crippen molar-refractivity contribution in [3.05, 3.63) is 35.5 Å². The van der Waals surface area contributed by atoms with Gasteiger partial charge in [-0.05, 0) is 32.3 Å². The number of hydrogen-bond acceptors (Lipinski definition) is 7. The maximum absolute atomic E-state index is 13.6. The van der Waals surface area contributed by atoms with Gasteiger partial charge < -0.3 is 25.0 Å². The number of aromatic nitrogens is 2. The molecule has 2 saturated heterocycles. The van der Waals surface area contributed by atoms with Crippen molar-refractivity contribution in [2.75, 3.05) is 44.5 Å². The molecule has 8 nitrogen and oxygen atoms in total.